The fourth-order valence-corrected chi connectivity index (χ4v) is 2.73. The van der Waals surface area contributed by atoms with Crippen molar-refractivity contribution in [2.45, 2.75) is 36.9 Å². The molecule has 1 aromatic heterocycles. The van der Waals surface area contributed by atoms with Crippen molar-refractivity contribution in [3.63, 3.8) is 0 Å². The summed E-state index contributed by atoms with van der Waals surface area (Å²) in [7, 11) is 0. The lowest BCUT2D eigenvalue weighted by Crippen LogP contribution is -2.14. The number of halogens is 1. The van der Waals surface area contributed by atoms with Gasteiger partial charge in [0.2, 0.25) is 0 Å². The molecule has 2 rings (SSSR count). The number of aryl methyl sites for hydroxylation is 1. The molecule has 19 heavy (non-hydrogen) atoms. The molecule has 0 radical (unpaired) electrons. The first kappa shape index (κ1) is 14.4. The highest BCUT2D eigenvalue weighted by atomic mass is 35.5. The van der Waals surface area contributed by atoms with Crippen LogP contribution in [0.25, 0.3) is 0 Å². The van der Waals surface area contributed by atoms with Gasteiger partial charge in [-0.1, -0.05) is 18.5 Å². The maximum Gasteiger partial charge on any atom is 0.260 e. The van der Waals surface area contributed by atoms with Crippen molar-refractivity contribution in [3.05, 3.63) is 40.7 Å². The number of hydrogen-bond acceptors (Lipinski definition) is 4. The largest absolute Gasteiger partial charge is 0.439 e. The minimum atomic E-state index is 0.663. The van der Waals surface area contributed by atoms with E-state index in [4.69, 9.17) is 16.0 Å². The lowest BCUT2D eigenvalue weighted by atomic mass is 10.2. The van der Waals surface area contributed by atoms with Crippen molar-refractivity contribution in [2.24, 2.45) is 0 Å². The van der Waals surface area contributed by atoms with Gasteiger partial charge in [0.05, 0.1) is 5.69 Å². The van der Waals surface area contributed by atoms with Gasteiger partial charge in [-0.3, -0.25) is 0 Å². The molecule has 0 aliphatic carbocycles. The molecule has 0 aliphatic rings. The predicted molar refractivity (Wildman–Crippen MR) is 78.8 cm³/mol. The SMILES string of the molecule is CCCNCc1cc(Cl)ccc1Sc1nc(C)co1. The van der Waals surface area contributed by atoms with Crippen LogP contribution >= 0.6 is 23.4 Å². The number of nitrogens with one attached hydrogen (secondary N) is 1. The van der Waals surface area contributed by atoms with E-state index in [1.165, 1.54) is 17.3 Å². The fraction of sp³-hybridized carbons (Fsp3) is 0.357. The van der Waals surface area contributed by atoms with Gasteiger partial charge >= 0.3 is 0 Å². The van der Waals surface area contributed by atoms with Crippen LogP contribution in [0, 0.1) is 6.92 Å². The van der Waals surface area contributed by atoms with Crippen molar-refractivity contribution in [1.29, 1.82) is 0 Å². The van der Waals surface area contributed by atoms with Crippen molar-refractivity contribution in [3.8, 4) is 0 Å². The first-order valence-electron chi connectivity index (χ1n) is 6.28. The van der Waals surface area contributed by atoms with Gasteiger partial charge in [0, 0.05) is 16.5 Å². The first-order chi connectivity index (χ1) is 9.19. The van der Waals surface area contributed by atoms with Crippen LogP contribution in [0.1, 0.15) is 24.6 Å². The topological polar surface area (TPSA) is 38.1 Å². The van der Waals surface area contributed by atoms with Crippen LogP contribution in [-0.4, -0.2) is 11.5 Å². The Morgan fingerprint density at radius 2 is 2.26 bits per heavy atom. The second kappa shape index (κ2) is 6.98. The smallest absolute Gasteiger partial charge is 0.260 e. The number of rotatable bonds is 6. The minimum absolute atomic E-state index is 0.663. The molecule has 1 heterocycles. The molecule has 1 N–H and O–H groups in total. The molecule has 0 fully saturated rings. The maximum atomic E-state index is 6.06. The summed E-state index contributed by atoms with van der Waals surface area (Å²) in [4.78, 5) is 5.43. The zero-order valence-electron chi connectivity index (χ0n) is 11.1. The minimum Gasteiger partial charge on any atom is -0.439 e. The summed E-state index contributed by atoms with van der Waals surface area (Å²) in [5, 5.41) is 4.80. The van der Waals surface area contributed by atoms with Crippen LogP contribution in [-0.2, 0) is 6.54 Å². The molecular weight excluding hydrogens is 280 g/mol. The Bertz CT molecular complexity index is 542. The van der Waals surface area contributed by atoms with E-state index >= 15 is 0 Å². The van der Waals surface area contributed by atoms with Crippen LogP contribution in [0.15, 0.2) is 39.0 Å². The lowest BCUT2D eigenvalue weighted by Gasteiger charge is -2.09. The summed E-state index contributed by atoms with van der Waals surface area (Å²) in [6.45, 7) is 5.86. The van der Waals surface area contributed by atoms with Crippen molar-refractivity contribution in [2.75, 3.05) is 6.54 Å². The van der Waals surface area contributed by atoms with Gasteiger partial charge in [-0.15, -0.1) is 0 Å². The molecule has 3 nitrogen and oxygen atoms in total. The summed E-state index contributed by atoms with van der Waals surface area (Å²) in [6, 6.07) is 5.89. The van der Waals surface area contributed by atoms with Crippen molar-refractivity contribution in [1.82, 2.24) is 10.3 Å². The number of nitrogens with zero attached hydrogens (tertiary/aromatic N) is 1. The van der Waals surface area contributed by atoms with E-state index in [0.29, 0.717) is 5.22 Å². The summed E-state index contributed by atoms with van der Waals surface area (Å²) >= 11 is 7.59. The number of benzene rings is 1. The van der Waals surface area contributed by atoms with Gasteiger partial charge < -0.3 is 9.73 Å². The van der Waals surface area contributed by atoms with Crippen LogP contribution in [0.2, 0.25) is 5.02 Å². The summed E-state index contributed by atoms with van der Waals surface area (Å²) in [5.41, 5.74) is 2.06. The second-order valence-corrected chi connectivity index (χ2v) is 5.72. The highest BCUT2D eigenvalue weighted by Gasteiger charge is 2.09. The molecule has 0 saturated carbocycles. The Labute approximate surface area is 122 Å². The molecule has 1 aromatic carbocycles. The number of oxazole rings is 1. The van der Waals surface area contributed by atoms with Crippen molar-refractivity contribution < 1.29 is 4.42 Å². The molecule has 0 spiro atoms. The van der Waals surface area contributed by atoms with Gasteiger partial charge in [0.25, 0.3) is 5.22 Å². The standard InChI is InChI=1S/C14H17ClN2OS/c1-3-6-16-8-11-7-12(15)4-5-13(11)19-14-17-10(2)9-18-14/h4-5,7,9,16H,3,6,8H2,1-2H3. The van der Waals surface area contributed by atoms with E-state index in [9.17, 15) is 0 Å². The van der Waals surface area contributed by atoms with Gasteiger partial charge in [0.1, 0.15) is 6.26 Å². The zero-order valence-corrected chi connectivity index (χ0v) is 12.6. The van der Waals surface area contributed by atoms with E-state index < -0.39 is 0 Å². The summed E-state index contributed by atoms with van der Waals surface area (Å²) < 4.78 is 5.38. The van der Waals surface area contributed by atoms with E-state index in [0.717, 1.165) is 35.1 Å². The Balaban J connectivity index is 2.14. The Hall–Kier alpha value is -0.970. The third-order valence-corrected chi connectivity index (χ3v) is 3.78. The van der Waals surface area contributed by atoms with Crippen molar-refractivity contribution >= 4 is 23.4 Å². The van der Waals surface area contributed by atoms with E-state index in [1.54, 1.807) is 6.26 Å². The highest BCUT2D eigenvalue weighted by Crippen LogP contribution is 2.31. The summed E-state index contributed by atoms with van der Waals surface area (Å²) in [6.07, 6.45) is 2.77. The normalized spacial score (nSPS) is 10.9. The lowest BCUT2D eigenvalue weighted by molar-refractivity contribution is 0.454. The van der Waals surface area contributed by atoms with Gasteiger partial charge in [-0.2, -0.15) is 0 Å². The zero-order chi connectivity index (χ0) is 13.7. The Morgan fingerprint density at radius 3 is 2.95 bits per heavy atom. The van der Waals surface area contributed by atoms with E-state index in [1.807, 2.05) is 25.1 Å². The first-order valence-corrected chi connectivity index (χ1v) is 7.47. The molecule has 0 bridgehead atoms. The van der Waals surface area contributed by atoms with Gasteiger partial charge in [0.15, 0.2) is 0 Å². The third kappa shape index (κ3) is 4.27. The average molecular weight is 297 g/mol. The van der Waals surface area contributed by atoms with Gasteiger partial charge in [-0.05, 0) is 55.4 Å². The highest BCUT2D eigenvalue weighted by molar-refractivity contribution is 7.99. The molecular formula is C14H17ClN2OS. The molecule has 102 valence electrons. The Kier molecular flexibility index (Phi) is 5.31. The molecule has 0 aliphatic heterocycles. The number of hydrogen-bond donors (Lipinski definition) is 1. The molecule has 0 unspecified atom stereocenters. The fourth-order valence-electron chi connectivity index (χ4n) is 1.66. The Morgan fingerprint density at radius 1 is 1.42 bits per heavy atom. The van der Waals surface area contributed by atoms with Crippen LogP contribution in [0.3, 0.4) is 0 Å². The third-order valence-electron chi connectivity index (χ3n) is 2.56. The van der Waals surface area contributed by atoms with E-state index in [-0.39, 0.29) is 0 Å². The quantitative estimate of drug-likeness (QED) is 0.807. The van der Waals surface area contributed by atoms with E-state index in [2.05, 4.69) is 17.2 Å². The average Bonchev–Trinajstić information content (AvgIpc) is 2.78. The predicted octanol–water partition coefficient (Wildman–Crippen LogP) is 4.29. The molecule has 0 amide bonds. The maximum absolute atomic E-state index is 6.06. The molecule has 0 atom stereocenters. The van der Waals surface area contributed by atoms with Crippen LogP contribution < -0.4 is 5.32 Å². The monoisotopic (exact) mass is 296 g/mol. The molecule has 5 heteroatoms. The summed E-state index contributed by atoms with van der Waals surface area (Å²) in [5.74, 6) is 0. The van der Waals surface area contributed by atoms with Crippen LogP contribution in [0.4, 0.5) is 0 Å². The van der Waals surface area contributed by atoms with Crippen LogP contribution in [0.5, 0.6) is 0 Å². The van der Waals surface area contributed by atoms with Gasteiger partial charge in [-0.25, -0.2) is 4.98 Å². The number of aromatic nitrogens is 1. The molecule has 0 saturated heterocycles. The molecule has 2 aromatic rings. The second-order valence-electron chi connectivity index (χ2n) is 4.29.